The Hall–Kier alpha value is -1.40. The van der Waals surface area contributed by atoms with Crippen molar-refractivity contribution in [3.8, 4) is 0 Å². The van der Waals surface area contributed by atoms with Gasteiger partial charge in [0.25, 0.3) is 0 Å². The summed E-state index contributed by atoms with van der Waals surface area (Å²) in [4.78, 5) is 14.0. The van der Waals surface area contributed by atoms with Crippen LogP contribution in [-0.4, -0.2) is 49.9 Å². The van der Waals surface area contributed by atoms with Crippen molar-refractivity contribution in [1.29, 1.82) is 0 Å². The predicted octanol–water partition coefficient (Wildman–Crippen LogP) is 1.49. The van der Waals surface area contributed by atoms with E-state index in [9.17, 15) is 13.2 Å². The number of nitrogens with zero attached hydrogens (tertiary/aromatic N) is 2. The number of sulfonamides is 1. The van der Waals surface area contributed by atoms with Gasteiger partial charge in [-0.15, -0.1) is 0 Å². The van der Waals surface area contributed by atoms with Crippen LogP contribution in [0, 0.1) is 5.92 Å². The summed E-state index contributed by atoms with van der Waals surface area (Å²) in [5.41, 5.74) is 1.11. The summed E-state index contributed by atoms with van der Waals surface area (Å²) < 4.78 is 24.6. The second kappa shape index (κ2) is 6.15. The first-order chi connectivity index (χ1) is 9.83. The molecule has 21 heavy (non-hydrogen) atoms. The number of hydrogen-bond donors (Lipinski definition) is 0. The Balaban J connectivity index is 2.01. The van der Waals surface area contributed by atoms with Crippen molar-refractivity contribution in [1.82, 2.24) is 9.21 Å². The zero-order chi connectivity index (χ0) is 15.6. The van der Waals surface area contributed by atoms with Crippen LogP contribution < -0.4 is 0 Å². The van der Waals surface area contributed by atoms with Crippen LogP contribution in [0.15, 0.2) is 30.3 Å². The monoisotopic (exact) mass is 310 g/mol. The third kappa shape index (κ3) is 3.44. The van der Waals surface area contributed by atoms with Crippen molar-refractivity contribution >= 4 is 15.9 Å². The second-order valence-electron chi connectivity index (χ2n) is 5.73. The minimum absolute atomic E-state index is 0.0383. The fourth-order valence-electron chi connectivity index (χ4n) is 2.65. The number of benzene rings is 1. The maximum atomic E-state index is 12.3. The summed E-state index contributed by atoms with van der Waals surface area (Å²) in [6, 6.07) is 9.96. The van der Waals surface area contributed by atoms with Crippen LogP contribution in [0.3, 0.4) is 0 Å². The van der Waals surface area contributed by atoms with Gasteiger partial charge in [-0.3, -0.25) is 4.79 Å². The van der Waals surface area contributed by atoms with Crippen LogP contribution in [0.4, 0.5) is 0 Å². The molecule has 6 heteroatoms. The van der Waals surface area contributed by atoms with Crippen LogP contribution in [0.1, 0.15) is 24.9 Å². The number of carbonyl (C=O) groups is 1. The van der Waals surface area contributed by atoms with E-state index >= 15 is 0 Å². The van der Waals surface area contributed by atoms with E-state index in [0.29, 0.717) is 12.5 Å². The van der Waals surface area contributed by atoms with E-state index in [-0.39, 0.29) is 24.1 Å². The molecule has 116 valence electrons. The molecule has 1 fully saturated rings. The van der Waals surface area contributed by atoms with Gasteiger partial charge in [-0.1, -0.05) is 37.3 Å². The van der Waals surface area contributed by atoms with Gasteiger partial charge in [-0.2, -0.15) is 0 Å². The molecule has 0 saturated carbocycles. The van der Waals surface area contributed by atoms with E-state index in [1.807, 2.05) is 30.3 Å². The van der Waals surface area contributed by atoms with Gasteiger partial charge in [0.05, 0.1) is 11.8 Å². The molecule has 0 unspecified atom stereocenters. The zero-order valence-electron chi connectivity index (χ0n) is 12.7. The molecule has 1 aromatic carbocycles. The third-order valence-electron chi connectivity index (χ3n) is 3.95. The van der Waals surface area contributed by atoms with Crippen molar-refractivity contribution in [2.24, 2.45) is 5.92 Å². The van der Waals surface area contributed by atoms with Crippen molar-refractivity contribution in [2.75, 3.05) is 26.4 Å². The van der Waals surface area contributed by atoms with Crippen LogP contribution in [0.2, 0.25) is 0 Å². The Morgan fingerprint density at radius 1 is 1.29 bits per heavy atom. The lowest BCUT2D eigenvalue weighted by Gasteiger charge is -2.47. The fraction of sp³-hybridized carbons (Fsp3) is 0.533. The lowest BCUT2D eigenvalue weighted by Crippen LogP contribution is -2.51. The Bertz CT molecular complexity index is 599. The average molecular weight is 310 g/mol. The van der Waals surface area contributed by atoms with Crippen LogP contribution >= 0.6 is 0 Å². The van der Waals surface area contributed by atoms with E-state index in [0.717, 1.165) is 9.87 Å². The molecule has 1 heterocycles. The largest absolute Gasteiger partial charge is 0.335 e. The molecule has 5 nitrogen and oxygen atoms in total. The lowest BCUT2D eigenvalue weighted by molar-refractivity contribution is -0.143. The van der Waals surface area contributed by atoms with Gasteiger partial charge in [0.1, 0.15) is 0 Å². The van der Waals surface area contributed by atoms with Gasteiger partial charge in [0.2, 0.25) is 15.9 Å². The summed E-state index contributed by atoms with van der Waals surface area (Å²) in [6.45, 7) is 2.80. The molecule has 1 amide bonds. The zero-order valence-corrected chi connectivity index (χ0v) is 13.5. The number of rotatable bonds is 5. The topological polar surface area (TPSA) is 57.7 Å². The SMILES string of the molecule is C[C@@H]1CN(C(=O)CCS(=O)(=O)N(C)C)[C@@H]1c1ccccc1. The highest BCUT2D eigenvalue weighted by Crippen LogP contribution is 2.38. The molecule has 1 aliphatic heterocycles. The number of carbonyl (C=O) groups excluding carboxylic acids is 1. The normalized spacial score (nSPS) is 22.2. The smallest absolute Gasteiger partial charge is 0.224 e. The average Bonchev–Trinajstić information content (AvgIpc) is 2.43. The maximum absolute atomic E-state index is 12.3. The molecular formula is C15H22N2O3S. The van der Waals surface area contributed by atoms with Gasteiger partial charge in [-0.25, -0.2) is 12.7 Å². The van der Waals surface area contributed by atoms with Gasteiger partial charge in [0, 0.05) is 27.1 Å². The molecule has 1 saturated heterocycles. The van der Waals surface area contributed by atoms with Gasteiger partial charge >= 0.3 is 0 Å². The van der Waals surface area contributed by atoms with Gasteiger partial charge in [-0.05, 0) is 11.5 Å². The van der Waals surface area contributed by atoms with E-state index in [2.05, 4.69) is 6.92 Å². The second-order valence-corrected chi connectivity index (χ2v) is 8.03. The predicted molar refractivity (Wildman–Crippen MR) is 82.2 cm³/mol. The van der Waals surface area contributed by atoms with E-state index in [4.69, 9.17) is 0 Å². The summed E-state index contributed by atoms with van der Waals surface area (Å²) >= 11 is 0. The Morgan fingerprint density at radius 3 is 2.43 bits per heavy atom. The minimum Gasteiger partial charge on any atom is -0.335 e. The molecule has 2 atom stereocenters. The summed E-state index contributed by atoms with van der Waals surface area (Å²) in [5.74, 6) is 0.180. The lowest BCUT2D eigenvalue weighted by atomic mass is 9.84. The van der Waals surface area contributed by atoms with Crippen molar-refractivity contribution in [2.45, 2.75) is 19.4 Å². The van der Waals surface area contributed by atoms with Crippen molar-refractivity contribution < 1.29 is 13.2 Å². The molecule has 0 N–H and O–H groups in total. The van der Waals surface area contributed by atoms with E-state index in [1.165, 1.54) is 14.1 Å². The summed E-state index contributed by atoms with van der Waals surface area (Å²) in [7, 11) is -0.352. The minimum atomic E-state index is -3.32. The first-order valence-electron chi connectivity index (χ1n) is 7.07. The Labute approximate surface area is 126 Å². The molecule has 1 aromatic rings. The number of amides is 1. The molecule has 0 aromatic heterocycles. The standard InChI is InChI=1S/C15H22N2O3S/c1-12-11-17(15(12)13-7-5-4-6-8-13)14(18)9-10-21(19,20)16(2)3/h4-8,12,15H,9-11H2,1-3H3/t12-,15+/m1/s1. The Morgan fingerprint density at radius 2 is 1.90 bits per heavy atom. The van der Waals surface area contributed by atoms with E-state index in [1.54, 1.807) is 4.90 Å². The molecule has 0 spiro atoms. The highest BCUT2D eigenvalue weighted by molar-refractivity contribution is 7.89. The molecule has 0 aliphatic carbocycles. The summed E-state index contributed by atoms with van der Waals surface area (Å²) in [6.07, 6.45) is 0.0383. The van der Waals surface area contributed by atoms with Crippen LogP contribution in [0.5, 0.6) is 0 Å². The number of hydrogen-bond acceptors (Lipinski definition) is 3. The third-order valence-corrected chi connectivity index (χ3v) is 5.78. The number of likely N-dealkylation sites (tertiary alicyclic amines) is 1. The fourth-order valence-corrected chi connectivity index (χ4v) is 3.45. The van der Waals surface area contributed by atoms with Crippen molar-refractivity contribution in [3.63, 3.8) is 0 Å². The molecule has 0 radical (unpaired) electrons. The van der Waals surface area contributed by atoms with Crippen LogP contribution in [-0.2, 0) is 14.8 Å². The highest BCUT2D eigenvalue weighted by Gasteiger charge is 2.39. The van der Waals surface area contributed by atoms with E-state index < -0.39 is 10.0 Å². The quantitative estimate of drug-likeness (QED) is 0.828. The maximum Gasteiger partial charge on any atom is 0.224 e. The van der Waals surface area contributed by atoms with Gasteiger partial charge in [0.15, 0.2) is 0 Å². The Kier molecular flexibility index (Phi) is 4.68. The van der Waals surface area contributed by atoms with Crippen molar-refractivity contribution in [3.05, 3.63) is 35.9 Å². The molecular weight excluding hydrogens is 288 g/mol. The highest BCUT2D eigenvalue weighted by atomic mass is 32.2. The van der Waals surface area contributed by atoms with Crippen LogP contribution in [0.25, 0.3) is 0 Å². The summed E-state index contributed by atoms with van der Waals surface area (Å²) in [5, 5.41) is 0. The molecule has 1 aliphatic rings. The molecule has 2 rings (SSSR count). The van der Waals surface area contributed by atoms with Gasteiger partial charge < -0.3 is 4.90 Å². The first kappa shape index (κ1) is 16.0. The molecule has 0 bridgehead atoms. The first-order valence-corrected chi connectivity index (χ1v) is 8.68.